The van der Waals surface area contributed by atoms with Crippen molar-refractivity contribution in [3.63, 3.8) is 0 Å². The minimum Gasteiger partial charge on any atom is -0.322 e. The van der Waals surface area contributed by atoms with Gasteiger partial charge in [0.2, 0.25) is 0 Å². The van der Waals surface area contributed by atoms with Crippen LogP contribution in [0, 0.1) is 5.41 Å². The van der Waals surface area contributed by atoms with E-state index in [9.17, 15) is 0 Å². The molecule has 2 nitrogen and oxygen atoms in total. The summed E-state index contributed by atoms with van der Waals surface area (Å²) in [6.45, 7) is 13.1. The Morgan fingerprint density at radius 2 is 1.57 bits per heavy atom. The molecule has 0 bridgehead atoms. The first-order valence-corrected chi connectivity index (χ1v) is 8.29. The van der Waals surface area contributed by atoms with Gasteiger partial charge in [0, 0.05) is 10.9 Å². The molecule has 0 fully saturated rings. The van der Waals surface area contributed by atoms with Crippen molar-refractivity contribution in [1.82, 2.24) is 4.98 Å². The van der Waals surface area contributed by atoms with E-state index in [-0.39, 0.29) is 16.9 Å². The summed E-state index contributed by atoms with van der Waals surface area (Å²) in [5.41, 5.74) is 10.0. The highest BCUT2D eigenvalue weighted by Gasteiger charge is 2.25. The first-order valence-electron chi connectivity index (χ1n) is 7.41. The molecule has 21 heavy (non-hydrogen) atoms. The summed E-state index contributed by atoms with van der Waals surface area (Å²) >= 11 is 1.65. The van der Waals surface area contributed by atoms with Crippen LogP contribution in [0.15, 0.2) is 29.6 Å². The number of rotatable bonds is 2. The smallest absolute Gasteiger partial charge is 0.111 e. The third-order valence-electron chi connectivity index (χ3n) is 3.77. The number of aromatic nitrogens is 1. The number of nitrogens with zero attached hydrogens (tertiary/aromatic N) is 1. The molecule has 0 amide bonds. The van der Waals surface area contributed by atoms with Crippen molar-refractivity contribution in [2.24, 2.45) is 11.1 Å². The summed E-state index contributed by atoms with van der Waals surface area (Å²) in [6.07, 6.45) is 0. The van der Waals surface area contributed by atoms with E-state index in [1.807, 2.05) is 0 Å². The van der Waals surface area contributed by atoms with E-state index in [0.29, 0.717) is 0 Å². The second kappa shape index (κ2) is 5.54. The third kappa shape index (κ3) is 3.72. The van der Waals surface area contributed by atoms with Crippen LogP contribution in [-0.4, -0.2) is 4.98 Å². The average Bonchev–Trinajstić information content (AvgIpc) is 2.85. The van der Waals surface area contributed by atoms with Crippen molar-refractivity contribution < 1.29 is 0 Å². The molecule has 2 aromatic rings. The average molecular weight is 302 g/mol. The molecule has 1 heterocycles. The number of nitrogens with two attached hydrogens (primary N) is 1. The van der Waals surface area contributed by atoms with Crippen LogP contribution in [0.1, 0.15) is 58.2 Å². The van der Waals surface area contributed by atoms with Crippen LogP contribution in [0.5, 0.6) is 0 Å². The Morgan fingerprint density at radius 3 is 2.05 bits per heavy atom. The summed E-state index contributed by atoms with van der Waals surface area (Å²) in [5.74, 6) is 0. The fourth-order valence-corrected chi connectivity index (χ4v) is 3.15. The molecular weight excluding hydrogens is 276 g/mol. The summed E-state index contributed by atoms with van der Waals surface area (Å²) in [4.78, 5) is 4.73. The van der Waals surface area contributed by atoms with E-state index in [1.165, 1.54) is 5.56 Å². The standard InChI is InChI=1S/C18H26N2S/c1-17(2,3)13-9-7-12(8-10-13)14-11-21-16(20-14)15(19)18(4,5)6/h7-11,15H,19H2,1-6H3. The zero-order chi connectivity index (χ0) is 15.8. The quantitative estimate of drug-likeness (QED) is 0.833. The van der Waals surface area contributed by atoms with Gasteiger partial charge in [0.1, 0.15) is 5.01 Å². The normalized spacial score (nSPS) is 14.2. The van der Waals surface area contributed by atoms with Gasteiger partial charge in [0.05, 0.1) is 11.7 Å². The van der Waals surface area contributed by atoms with Gasteiger partial charge in [-0.25, -0.2) is 4.98 Å². The van der Waals surface area contributed by atoms with E-state index < -0.39 is 0 Å². The van der Waals surface area contributed by atoms with Crippen molar-refractivity contribution in [2.45, 2.75) is 53.0 Å². The molecule has 0 aliphatic carbocycles. The second-order valence-corrected chi connectivity index (χ2v) is 8.63. The molecule has 0 radical (unpaired) electrons. The zero-order valence-electron chi connectivity index (χ0n) is 13.9. The van der Waals surface area contributed by atoms with E-state index >= 15 is 0 Å². The van der Waals surface area contributed by atoms with Gasteiger partial charge < -0.3 is 5.73 Å². The summed E-state index contributed by atoms with van der Waals surface area (Å²) < 4.78 is 0. The van der Waals surface area contributed by atoms with Crippen molar-refractivity contribution in [3.8, 4) is 11.3 Å². The molecular formula is C18H26N2S. The minimum atomic E-state index is -0.0231. The highest BCUT2D eigenvalue weighted by molar-refractivity contribution is 7.10. The summed E-state index contributed by atoms with van der Waals surface area (Å²) in [5, 5.41) is 3.12. The molecule has 114 valence electrons. The Bertz CT molecular complexity index is 597. The molecule has 0 aliphatic rings. The van der Waals surface area contributed by atoms with Gasteiger partial charge in [-0.1, -0.05) is 65.8 Å². The number of hydrogen-bond acceptors (Lipinski definition) is 3. The Balaban J connectivity index is 2.26. The topological polar surface area (TPSA) is 38.9 Å². The van der Waals surface area contributed by atoms with Crippen molar-refractivity contribution in [1.29, 1.82) is 0 Å². The van der Waals surface area contributed by atoms with Crippen LogP contribution in [0.3, 0.4) is 0 Å². The van der Waals surface area contributed by atoms with Gasteiger partial charge in [-0.05, 0) is 16.4 Å². The lowest BCUT2D eigenvalue weighted by Crippen LogP contribution is -2.26. The van der Waals surface area contributed by atoms with E-state index in [4.69, 9.17) is 10.7 Å². The van der Waals surface area contributed by atoms with Crippen LogP contribution in [0.2, 0.25) is 0 Å². The van der Waals surface area contributed by atoms with Crippen LogP contribution in [0.25, 0.3) is 11.3 Å². The maximum Gasteiger partial charge on any atom is 0.111 e. The molecule has 2 N–H and O–H groups in total. The Hall–Kier alpha value is -1.19. The highest BCUT2D eigenvalue weighted by Crippen LogP contribution is 2.34. The van der Waals surface area contributed by atoms with Gasteiger partial charge in [0.25, 0.3) is 0 Å². The lowest BCUT2D eigenvalue weighted by molar-refractivity contribution is 0.326. The highest BCUT2D eigenvalue weighted by atomic mass is 32.1. The summed E-state index contributed by atoms with van der Waals surface area (Å²) in [6, 6.07) is 8.67. The molecule has 2 rings (SSSR count). The van der Waals surface area contributed by atoms with Crippen molar-refractivity contribution in [3.05, 3.63) is 40.2 Å². The van der Waals surface area contributed by atoms with Crippen LogP contribution < -0.4 is 5.73 Å². The maximum atomic E-state index is 6.29. The predicted octanol–water partition coefficient (Wildman–Crippen LogP) is 5.15. The molecule has 0 spiro atoms. The largest absolute Gasteiger partial charge is 0.322 e. The molecule has 0 saturated heterocycles. The number of thiazole rings is 1. The fraction of sp³-hybridized carbons (Fsp3) is 0.500. The summed E-state index contributed by atoms with van der Waals surface area (Å²) in [7, 11) is 0. The molecule has 0 saturated carbocycles. The molecule has 0 aliphatic heterocycles. The van der Waals surface area contributed by atoms with Crippen LogP contribution in [0.4, 0.5) is 0 Å². The molecule has 1 aromatic carbocycles. The fourth-order valence-electron chi connectivity index (χ4n) is 2.07. The van der Waals surface area contributed by atoms with Gasteiger partial charge >= 0.3 is 0 Å². The molecule has 1 atom stereocenters. The van der Waals surface area contributed by atoms with Crippen molar-refractivity contribution >= 4 is 11.3 Å². The van der Waals surface area contributed by atoms with E-state index in [1.54, 1.807) is 11.3 Å². The SMILES string of the molecule is CC(C)(C)c1ccc(-c2csc(C(N)C(C)(C)C)n2)cc1. The first-order chi connectivity index (χ1) is 9.59. The number of hydrogen-bond donors (Lipinski definition) is 1. The predicted molar refractivity (Wildman–Crippen MR) is 92.6 cm³/mol. The Labute approximate surface area is 132 Å². The Morgan fingerprint density at radius 1 is 1.00 bits per heavy atom. The minimum absolute atomic E-state index is 0.0231. The van der Waals surface area contributed by atoms with Gasteiger partial charge in [0.15, 0.2) is 0 Å². The lowest BCUT2D eigenvalue weighted by Gasteiger charge is -2.24. The van der Waals surface area contributed by atoms with Gasteiger partial charge in [-0.15, -0.1) is 11.3 Å². The van der Waals surface area contributed by atoms with Gasteiger partial charge in [-0.2, -0.15) is 0 Å². The van der Waals surface area contributed by atoms with E-state index in [2.05, 4.69) is 71.2 Å². The second-order valence-electron chi connectivity index (χ2n) is 7.74. The Kier molecular flexibility index (Phi) is 4.27. The zero-order valence-corrected chi connectivity index (χ0v) is 14.7. The van der Waals surface area contributed by atoms with Crippen molar-refractivity contribution in [2.75, 3.05) is 0 Å². The monoisotopic (exact) mass is 302 g/mol. The van der Waals surface area contributed by atoms with Gasteiger partial charge in [-0.3, -0.25) is 0 Å². The molecule has 1 unspecified atom stereocenters. The molecule has 3 heteroatoms. The lowest BCUT2D eigenvalue weighted by atomic mass is 9.86. The maximum absolute atomic E-state index is 6.29. The first kappa shape index (κ1) is 16.2. The van der Waals surface area contributed by atoms with Crippen LogP contribution >= 0.6 is 11.3 Å². The third-order valence-corrected chi connectivity index (χ3v) is 4.70. The number of benzene rings is 1. The molecule has 1 aromatic heterocycles. The van der Waals surface area contributed by atoms with E-state index in [0.717, 1.165) is 16.3 Å². The van der Waals surface area contributed by atoms with Crippen LogP contribution in [-0.2, 0) is 5.41 Å².